The lowest BCUT2D eigenvalue weighted by molar-refractivity contribution is -0.133. The number of hydrogen-bond donors (Lipinski definition) is 1. The summed E-state index contributed by atoms with van der Waals surface area (Å²) in [6.07, 6.45) is 1.75. The Labute approximate surface area is 172 Å². The summed E-state index contributed by atoms with van der Waals surface area (Å²) in [4.78, 5) is 37.5. The number of ether oxygens (including phenoxy) is 1. The van der Waals surface area contributed by atoms with Crippen molar-refractivity contribution in [2.75, 3.05) is 19.0 Å². The van der Waals surface area contributed by atoms with E-state index in [-0.39, 0.29) is 34.5 Å². The zero-order valence-electron chi connectivity index (χ0n) is 15.8. The highest BCUT2D eigenvalue weighted by atomic mass is 35.5. The van der Waals surface area contributed by atoms with E-state index < -0.39 is 24.3 Å². The number of esters is 1. The second kappa shape index (κ2) is 9.05. The minimum Gasteiger partial charge on any atom is -0.452 e. The standard InChI is InChI=1S/C21H20ClFN2O4/c1-25(11-16-17(22)6-3-7-18(16)23)19(26)12-29-21(28)14-4-2-5-15(10-14)24-20(27)13-8-9-13/h2-7,10,13H,8-9,11-12H2,1H3,(H,24,27). The predicted octanol–water partition coefficient (Wildman–Crippen LogP) is 3.64. The Balaban J connectivity index is 1.54. The average Bonchev–Trinajstić information content (AvgIpc) is 3.54. The van der Waals surface area contributed by atoms with Gasteiger partial charge in [0.15, 0.2) is 6.61 Å². The number of carbonyl (C=O) groups excluding carboxylic acids is 3. The molecular formula is C21H20ClFN2O4. The Hall–Kier alpha value is -2.93. The molecule has 2 aromatic rings. The Morgan fingerprint density at radius 3 is 2.62 bits per heavy atom. The summed E-state index contributed by atoms with van der Waals surface area (Å²) in [7, 11) is 1.47. The number of anilines is 1. The lowest BCUT2D eigenvalue weighted by Crippen LogP contribution is -2.31. The van der Waals surface area contributed by atoms with E-state index in [9.17, 15) is 18.8 Å². The number of carbonyl (C=O) groups is 3. The molecule has 1 aliphatic carbocycles. The lowest BCUT2D eigenvalue weighted by atomic mass is 10.2. The molecule has 0 unspecified atom stereocenters. The molecule has 0 heterocycles. The molecule has 0 saturated heterocycles. The van der Waals surface area contributed by atoms with Gasteiger partial charge in [-0.05, 0) is 43.2 Å². The number of hydrogen-bond acceptors (Lipinski definition) is 4. The van der Waals surface area contributed by atoms with Crippen molar-refractivity contribution in [2.45, 2.75) is 19.4 Å². The van der Waals surface area contributed by atoms with Crippen LogP contribution in [0.15, 0.2) is 42.5 Å². The van der Waals surface area contributed by atoms with Gasteiger partial charge in [0, 0.05) is 35.8 Å². The van der Waals surface area contributed by atoms with Crippen LogP contribution in [0.5, 0.6) is 0 Å². The number of likely N-dealkylation sites (N-methyl/N-ethyl adjacent to an activating group) is 1. The molecule has 2 amide bonds. The molecule has 0 radical (unpaired) electrons. The maximum absolute atomic E-state index is 13.9. The molecular weight excluding hydrogens is 399 g/mol. The smallest absolute Gasteiger partial charge is 0.338 e. The van der Waals surface area contributed by atoms with Crippen molar-refractivity contribution in [1.82, 2.24) is 4.90 Å². The number of halogens is 2. The fraction of sp³-hybridized carbons (Fsp3) is 0.286. The normalized spacial score (nSPS) is 12.9. The molecule has 1 fully saturated rings. The van der Waals surface area contributed by atoms with Gasteiger partial charge in [-0.25, -0.2) is 9.18 Å². The second-order valence-corrected chi connectivity index (χ2v) is 7.28. The van der Waals surface area contributed by atoms with Gasteiger partial charge in [0.25, 0.3) is 5.91 Å². The maximum Gasteiger partial charge on any atom is 0.338 e. The van der Waals surface area contributed by atoms with Crippen molar-refractivity contribution in [3.63, 3.8) is 0 Å². The van der Waals surface area contributed by atoms with Crippen molar-refractivity contribution in [2.24, 2.45) is 5.92 Å². The van der Waals surface area contributed by atoms with Crippen molar-refractivity contribution in [3.05, 3.63) is 64.4 Å². The summed E-state index contributed by atoms with van der Waals surface area (Å²) >= 11 is 5.97. The molecule has 152 valence electrons. The first-order valence-corrected chi connectivity index (χ1v) is 9.48. The van der Waals surface area contributed by atoms with Crippen molar-refractivity contribution in [1.29, 1.82) is 0 Å². The van der Waals surface area contributed by atoms with E-state index in [2.05, 4.69) is 5.32 Å². The quantitative estimate of drug-likeness (QED) is 0.696. The van der Waals surface area contributed by atoms with E-state index >= 15 is 0 Å². The summed E-state index contributed by atoms with van der Waals surface area (Å²) in [5.74, 6) is -1.74. The van der Waals surface area contributed by atoms with Crippen molar-refractivity contribution >= 4 is 35.1 Å². The number of nitrogens with zero attached hydrogens (tertiary/aromatic N) is 1. The zero-order valence-corrected chi connectivity index (χ0v) is 16.5. The molecule has 0 bridgehead atoms. The lowest BCUT2D eigenvalue weighted by Gasteiger charge is -2.18. The minimum absolute atomic E-state index is 0.0433. The molecule has 0 aliphatic heterocycles. The Morgan fingerprint density at radius 1 is 1.21 bits per heavy atom. The predicted molar refractivity (Wildman–Crippen MR) is 106 cm³/mol. The molecule has 0 aromatic heterocycles. The minimum atomic E-state index is -0.696. The fourth-order valence-corrected chi connectivity index (χ4v) is 2.87. The molecule has 3 rings (SSSR count). The molecule has 29 heavy (non-hydrogen) atoms. The Kier molecular flexibility index (Phi) is 6.49. The summed E-state index contributed by atoms with van der Waals surface area (Å²) in [6.45, 7) is -0.551. The molecule has 1 N–H and O–H groups in total. The van der Waals surface area contributed by atoms with Gasteiger partial charge in [0.1, 0.15) is 5.82 Å². The summed E-state index contributed by atoms with van der Waals surface area (Å²) in [5, 5.41) is 2.96. The van der Waals surface area contributed by atoms with Crippen LogP contribution >= 0.6 is 11.6 Å². The highest BCUT2D eigenvalue weighted by molar-refractivity contribution is 6.31. The van der Waals surface area contributed by atoms with E-state index in [1.54, 1.807) is 12.1 Å². The maximum atomic E-state index is 13.9. The van der Waals surface area contributed by atoms with Gasteiger partial charge >= 0.3 is 5.97 Å². The van der Waals surface area contributed by atoms with Gasteiger partial charge in [0.05, 0.1) is 5.56 Å². The van der Waals surface area contributed by atoms with Gasteiger partial charge in [0.2, 0.25) is 5.91 Å². The first-order valence-electron chi connectivity index (χ1n) is 9.10. The average molecular weight is 419 g/mol. The van der Waals surface area contributed by atoms with Gasteiger partial charge in [-0.15, -0.1) is 0 Å². The zero-order chi connectivity index (χ0) is 21.0. The van der Waals surface area contributed by atoms with E-state index in [1.807, 2.05) is 0 Å². The first kappa shape index (κ1) is 20.8. The summed E-state index contributed by atoms with van der Waals surface area (Å²) in [5.41, 5.74) is 0.899. The van der Waals surface area contributed by atoms with E-state index in [1.165, 1.54) is 42.3 Å². The van der Waals surface area contributed by atoms with E-state index in [0.717, 1.165) is 12.8 Å². The number of benzene rings is 2. The summed E-state index contributed by atoms with van der Waals surface area (Å²) in [6, 6.07) is 10.6. The Morgan fingerprint density at radius 2 is 1.93 bits per heavy atom. The molecule has 0 spiro atoms. The molecule has 8 heteroatoms. The van der Waals surface area contributed by atoms with Crippen LogP contribution < -0.4 is 5.32 Å². The van der Waals surface area contributed by atoms with Gasteiger partial charge in [-0.3, -0.25) is 9.59 Å². The molecule has 0 atom stereocenters. The topological polar surface area (TPSA) is 75.7 Å². The van der Waals surface area contributed by atoms with Crippen LogP contribution in [-0.2, 0) is 20.9 Å². The monoisotopic (exact) mass is 418 g/mol. The van der Waals surface area contributed by atoms with E-state index in [0.29, 0.717) is 5.69 Å². The van der Waals surface area contributed by atoms with Gasteiger partial charge in [-0.2, -0.15) is 0 Å². The largest absolute Gasteiger partial charge is 0.452 e. The van der Waals surface area contributed by atoms with Gasteiger partial charge in [-0.1, -0.05) is 23.7 Å². The number of rotatable bonds is 7. The molecule has 1 aliphatic rings. The highest BCUT2D eigenvalue weighted by Gasteiger charge is 2.29. The van der Waals surface area contributed by atoms with Crippen LogP contribution in [0.2, 0.25) is 5.02 Å². The second-order valence-electron chi connectivity index (χ2n) is 6.87. The Bertz CT molecular complexity index is 926. The molecule has 2 aromatic carbocycles. The highest BCUT2D eigenvalue weighted by Crippen LogP contribution is 2.30. The van der Waals surface area contributed by atoms with Crippen LogP contribution in [-0.4, -0.2) is 36.3 Å². The van der Waals surface area contributed by atoms with Crippen LogP contribution in [0.25, 0.3) is 0 Å². The van der Waals surface area contributed by atoms with Crippen molar-refractivity contribution in [3.8, 4) is 0 Å². The van der Waals surface area contributed by atoms with Gasteiger partial charge < -0.3 is 15.0 Å². The van der Waals surface area contributed by atoms with Crippen LogP contribution in [0.4, 0.5) is 10.1 Å². The summed E-state index contributed by atoms with van der Waals surface area (Å²) < 4.78 is 18.9. The third kappa shape index (κ3) is 5.54. The number of nitrogens with one attached hydrogen (secondary N) is 1. The van der Waals surface area contributed by atoms with Crippen molar-refractivity contribution < 1.29 is 23.5 Å². The van der Waals surface area contributed by atoms with Crippen LogP contribution in [0.3, 0.4) is 0 Å². The third-order valence-corrected chi connectivity index (χ3v) is 4.88. The van der Waals surface area contributed by atoms with E-state index in [4.69, 9.17) is 16.3 Å². The first-order chi connectivity index (χ1) is 13.8. The SMILES string of the molecule is CN(Cc1c(F)cccc1Cl)C(=O)COC(=O)c1cccc(NC(=O)C2CC2)c1. The van der Waals surface area contributed by atoms with Crippen LogP contribution in [0.1, 0.15) is 28.8 Å². The molecule has 6 nitrogen and oxygen atoms in total. The fourth-order valence-electron chi connectivity index (χ4n) is 2.64. The third-order valence-electron chi connectivity index (χ3n) is 4.52. The molecule has 1 saturated carbocycles. The number of amides is 2. The van der Waals surface area contributed by atoms with Crippen LogP contribution in [0, 0.1) is 11.7 Å².